The summed E-state index contributed by atoms with van der Waals surface area (Å²) in [6, 6.07) is 15.2. The second kappa shape index (κ2) is 9.85. The molecule has 2 aromatic carbocycles. The topological polar surface area (TPSA) is 90.9 Å². The van der Waals surface area contributed by atoms with Crippen molar-refractivity contribution < 1.29 is 27.6 Å². The molecule has 2 aromatic rings. The van der Waals surface area contributed by atoms with E-state index in [1.807, 2.05) is 42.5 Å². The van der Waals surface area contributed by atoms with Gasteiger partial charge in [0.2, 0.25) is 18.0 Å². The lowest BCUT2D eigenvalue weighted by Gasteiger charge is -2.22. The van der Waals surface area contributed by atoms with Gasteiger partial charge in [-0.05, 0) is 13.0 Å². The van der Waals surface area contributed by atoms with E-state index < -0.39 is 48.9 Å². The van der Waals surface area contributed by atoms with Gasteiger partial charge in [-0.15, -0.1) is 0 Å². The Hall–Kier alpha value is -3.69. The number of para-hydroxylation sites is 1. The summed E-state index contributed by atoms with van der Waals surface area (Å²) in [7, 11) is 1.56. The van der Waals surface area contributed by atoms with Crippen LogP contribution in [-0.2, 0) is 14.4 Å². The van der Waals surface area contributed by atoms with Crippen molar-refractivity contribution >= 4 is 29.1 Å². The van der Waals surface area contributed by atoms with Crippen LogP contribution in [0.2, 0.25) is 0 Å². The predicted octanol–water partition coefficient (Wildman–Crippen LogP) is 2.79. The van der Waals surface area contributed by atoms with Crippen LogP contribution in [0.3, 0.4) is 0 Å². The monoisotopic (exact) mass is 460 g/mol. The molecule has 2 N–H and O–H groups in total. The van der Waals surface area contributed by atoms with E-state index >= 15 is 0 Å². The molecule has 2 atom stereocenters. The minimum atomic E-state index is -4.47. The van der Waals surface area contributed by atoms with Crippen molar-refractivity contribution in [1.82, 2.24) is 10.6 Å². The SMILES string of the molecule is C[C@H](NC(=O)CCC(F)(F)F)C(=O)N[C@H]1N=C(c2ccccc2)c2ccccc2N(C)C1=O. The number of fused-ring (bicyclic) bond motifs is 1. The molecular formula is C23H23F3N4O3. The van der Waals surface area contributed by atoms with E-state index in [0.717, 1.165) is 5.56 Å². The molecule has 0 spiro atoms. The smallest absolute Gasteiger partial charge is 0.345 e. The lowest BCUT2D eigenvalue weighted by molar-refractivity contribution is -0.144. The summed E-state index contributed by atoms with van der Waals surface area (Å²) >= 11 is 0. The van der Waals surface area contributed by atoms with Crippen molar-refractivity contribution in [1.29, 1.82) is 0 Å². The number of aliphatic imine (C=N–C) groups is 1. The molecule has 0 saturated carbocycles. The molecule has 0 unspecified atom stereocenters. The zero-order valence-corrected chi connectivity index (χ0v) is 18.0. The molecule has 3 amide bonds. The maximum atomic E-state index is 13.1. The number of carbonyl (C=O) groups excluding carboxylic acids is 3. The number of hydrogen-bond acceptors (Lipinski definition) is 4. The number of halogens is 3. The molecule has 1 heterocycles. The van der Waals surface area contributed by atoms with E-state index in [2.05, 4.69) is 15.6 Å². The number of carbonyl (C=O) groups is 3. The second-order valence-corrected chi connectivity index (χ2v) is 7.57. The highest BCUT2D eigenvalue weighted by molar-refractivity contribution is 6.20. The third kappa shape index (κ3) is 5.97. The normalized spacial score (nSPS) is 16.9. The van der Waals surface area contributed by atoms with E-state index in [1.54, 1.807) is 19.2 Å². The summed E-state index contributed by atoms with van der Waals surface area (Å²) in [5, 5.41) is 4.72. The first-order valence-corrected chi connectivity index (χ1v) is 10.2. The summed E-state index contributed by atoms with van der Waals surface area (Å²) in [5.41, 5.74) is 2.54. The molecule has 0 saturated heterocycles. The van der Waals surface area contributed by atoms with Crippen molar-refractivity contribution in [2.75, 3.05) is 11.9 Å². The summed E-state index contributed by atoms with van der Waals surface area (Å²) in [6.07, 6.45) is -7.85. The first-order chi connectivity index (χ1) is 15.6. The average Bonchev–Trinajstić information content (AvgIpc) is 2.88. The standard InChI is InChI=1S/C23H23F3N4O3/c1-14(27-18(31)12-13-23(24,25)26)21(32)29-20-22(33)30(2)17-11-7-6-10-16(17)19(28-20)15-8-4-3-5-9-15/h3-11,14,20H,12-13H2,1-2H3,(H,27,31)(H,29,32)/t14-,20+/m0/s1. The van der Waals surface area contributed by atoms with Crippen molar-refractivity contribution in [3.63, 3.8) is 0 Å². The second-order valence-electron chi connectivity index (χ2n) is 7.57. The van der Waals surface area contributed by atoms with Gasteiger partial charge in [0.05, 0.1) is 17.8 Å². The van der Waals surface area contributed by atoms with E-state index in [0.29, 0.717) is 17.0 Å². The number of alkyl halides is 3. The van der Waals surface area contributed by atoms with Gasteiger partial charge in [0, 0.05) is 24.6 Å². The van der Waals surface area contributed by atoms with Crippen molar-refractivity contribution in [2.45, 2.75) is 38.1 Å². The Morgan fingerprint density at radius 1 is 1.09 bits per heavy atom. The fourth-order valence-electron chi connectivity index (χ4n) is 3.34. The third-order valence-electron chi connectivity index (χ3n) is 5.08. The number of nitrogens with one attached hydrogen (secondary N) is 2. The van der Waals surface area contributed by atoms with Crippen LogP contribution in [0.25, 0.3) is 0 Å². The van der Waals surface area contributed by atoms with Crippen LogP contribution in [0, 0.1) is 0 Å². The van der Waals surface area contributed by atoms with Crippen LogP contribution in [0.5, 0.6) is 0 Å². The maximum absolute atomic E-state index is 13.1. The van der Waals surface area contributed by atoms with Crippen LogP contribution < -0.4 is 15.5 Å². The molecule has 1 aliphatic heterocycles. The van der Waals surface area contributed by atoms with Gasteiger partial charge in [0.1, 0.15) is 6.04 Å². The van der Waals surface area contributed by atoms with Gasteiger partial charge in [-0.3, -0.25) is 14.4 Å². The summed E-state index contributed by atoms with van der Waals surface area (Å²) in [4.78, 5) is 43.4. The maximum Gasteiger partial charge on any atom is 0.389 e. The van der Waals surface area contributed by atoms with E-state index in [9.17, 15) is 27.6 Å². The van der Waals surface area contributed by atoms with Gasteiger partial charge in [0.15, 0.2) is 0 Å². The van der Waals surface area contributed by atoms with Crippen LogP contribution in [-0.4, -0.2) is 48.9 Å². The summed E-state index contributed by atoms with van der Waals surface area (Å²) < 4.78 is 36.9. The average molecular weight is 460 g/mol. The lowest BCUT2D eigenvalue weighted by atomic mass is 10.0. The van der Waals surface area contributed by atoms with E-state index in [4.69, 9.17) is 0 Å². The first kappa shape index (κ1) is 24.0. The van der Waals surface area contributed by atoms with Gasteiger partial charge in [-0.25, -0.2) is 4.99 Å². The fraction of sp³-hybridized carbons (Fsp3) is 0.304. The molecular weight excluding hydrogens is 437 g/mol. The number of nitrogens with zero attached hydrogens (tertiary/aromatic N) is 2. The Bertz CT molecular complexity index is 1070. The van der Waals surface area contributed by atoms with Gasteiger partial charge in [-0.1, -0.05) is 48.5 Å². The molecule has 10 heteroatoms. The number of hydrogen-bond donors (Lipinski definition) is 2. The summed E-state index contributed by atoms with van der Waals surface area (Å²) in [6.45, 7) is 1.32. The van der Waals surface area contributed by atoms with Crippen molar-refractivity contribution in [3.05, 3.63) is 65.7 Å². The van der Waals surface area contributed by atoms with Crippen LogP contribution in [0.4, 0.5) is 18.9 Å². The van der Waals surface area contributed by atoms with Gasteiger partial charge in [-0.2, -0.15) is 13.2 Å². The van der Waals surface area contributed by atoms with Gasteiger partial charge in [0.25, 0.3) is 5.91 Å². The quantitative estimate of drug-likeness (QED) is 0.695. The minimum absolute atomic E-state index is 0.496. The molecule has 174 valence electrons. The molecule has 3 rings (SSSR count). The number of anilines is 1. The Morgan fingerprint density at radius 3 is 2.39 bits per heavy atom. The number of amides is 3. The minimum Gasteiger partial charge on any atom is -0.345 e. The summed E-state index contributed by atoms with van der Waals surface area (Å²) in [5.74, 6) is -2.17. The zero-order chi connectivity index (χ0) is 24.2. The molecule has 0 radical (unpaired) electrons. The van der Waals surface area contributed by atoms with E-state index in [1.165, 1.54) is 11.8 Å². The van der Waals surface area contributed by atoms with Crippen molar-refractivity contribution in [3.8, 4) is 0 Å². The Balaban J connectivity index is 1.83. The number of benzodiazepines with no additional fused rings is 1. The molecule has 33 heavy (non-hydrogen) atoms. The molecule has 0 fully saturated rings. The molecule has 0 aliphatic carbocycles. The number of benzene rings is 2. The van der Waals surface area contributed by atoms with Crippen LogP contribution in [0.1, 0.15) is 30.9 Å². The lowest BCUT2D eigenvalue weighted by Crippen LogP contribution is -2.52. The highest BCUT2D eigenvalue weighted by Gasteiger charge is 2.32. The van der Waals surface area contributed by atoms with Crippen LogP contribution in [0.15, 0.2) is 59.6 Å². The van der Waals surface area contributed by atoms with Gasteiger partial charge >= 0.3 is 6.18 Å². The third-order valence-corrected chi connectivity index (χ3v) is 5.08. The van der Waals surface area contributed by atoms with Crippen LogP contribution >= 0.6 is 0 Å². The van der Waals surface area contributed by atoms with E-state index in [-0.39, 0.29) is 0 Å². The molecule has 1 aliphatic rings. The Morgan fingerprint density at radius 2 is 1.73 bits per heavy atom. The largest absolute Gasteiger partial charge is 0.389 e. The molecule has 0 bridgehead atoms. The van der Waals surface area contributed by atoms with Crippen molar-refractivity contribution in [2.24, 2.45) is 4.99 Å². The number of likely N-dealkylation sites (N-methyl/N-ethyl adjacent to an activating group) is 1. The first-order valence-electron chi connectivity index (χ1n) is 10.2. The zero-order valence-electron chi connectivity index (χ0n) is 18.0. The highest BCUT2D eigenvalue weighted by Crippen LogP contribution is 2.27. The number of rotatable bonds is 6. The van der Waals surface area contributed by atoms with Gasteiger partial charge < -0.3 is 15.5 Å². The fourth-order valence-corrected chi connectivity index (χ4v) is 3.34. The Kier molecular flexibility index (Phi) is 7.15. The molecule has 0 aromatic heterocycles. The highest BCUT2D eigenvalue weighted by atomic mass is 19.4. The predicted molar refractivity (Wildman–Crippen MR) is 117 cm³/mol. The molecule has 7 nitrogen and oxygen atoms in total. The Labute approximate surface area is 188 Å².